The SMILES string of the molecule is CCOC(=O)C(=CNc1ccc2ccccc2n1)C(=O)OCC. The molecule has 0 unspecified atom stereocenters. The predicted molar refractivity (Wildman–Crippen MR) is 86.7 cm³/mol. The molecule has 0 saturated heterocycles. The number of anilines is 1. The number of benzene rings is 1. The Bertz CT molecular complexity index is 720. The third-order valence-electron chi connectivity index (χ3n) is 2.95. The molecule has 120 valence electrons. The Kier molecular flexibility index (Phi) is 5.68. The summed E-state index contributed by atoms with van der Waals surface area (Å²) >= 11 is 0. The van der Waals surface area contributed by atoms with Gasteiger partial charge in [-0.25, -0.2) is 14.6 Å². The van der Waals surface area contributed by atoms with Crippen molar-refractivity contribution in [2.75, 3.05) is 18.5 Å². The van der Waals surface area contributed by atoms with Crippen molar-refractivity contribution in [1.82, 2.24) is 4.98 Å². The summed E-state index contributed by atoms with van der Waals surface area (Å²) in [6.45, 7) is 3.67. The number of para-hydroxylation sites is 1. The molecule has 6 nitrogen and oxygen atoms in total. The van der Waals surface area contributed by atoms with Crippen LogP contribution in [0.15, 0.2) is 48.2 Å². The molecule has 23 heavy (non-hydrogen) atoms. The number of nitrogens with one attached hydrogen (secondary N) is 1. The third-order valence-corrected chi connectivity index (χ3v) is 2.95. The summed E-state index contributed by atoms with van der Waals surface area (Å²) in [5.41, 5.74) is 0.600. The van der Waals surface area contributed by atoms with E-state index < -0.39 is 11.9 Å². The van der Waals surface area contributed by atoms with Gasteiger partial charge in [-0.05, 0) is 32.0 Å². The average Bonchev–Trinajstić information content (AvgIpc) is 2.55. The number of aromatic nitrogens is 1. The number of carbonyl (C=O) groups is 2. The van der Waals surface area contributed by atoms with Crippen molar-refractivity contribution in [3.8, 4) is 0 Å². The first-order chi connectivity index (χ1) is 11.2. The maximum Gasteiger partial charge on any atom is 0.347 e. The first kappa shape index (κ1) is 16.5. The highest BCUT2D eigenvalue weighted by molar-refractivity contribution is 6.14. The van der Waals surface area contributed by atoms with Gasteiger partial charge in [-0.1, -0.05) is 18.2 Å². The summed E-state index contributed by atoms with van der Waals surface area (Å²) < 4.78 is 9.72. The molecular formula is C17H18N2O4. The fourth-order valence-electron chi connectivity index (χ4n) is 1.91. The molecule has 0 aliphatic carbocycles. The molecule has 1 aromatic carbocycles. The van der Waals surface area contributed by atoms with Gasteiger partial charge in [-0.2, -0.15) is 0 Å². The first-order valence-corrected chi connectivity index (χ1v) is 7.32. The predicted octanol–water partition coefficient (Wildman–Crippen LogP) is 2.66. The van der Waals surface area contributed by atoms with Gasteiger partial charge < -0.3 is 14.8 Å². The summed E-state index contributed by atoms with van der Waals surface area (Å²) in [4.78, 5) is 28.1. The third kappa shape index (κ3) is 4.29. The highest BCUT2D eigenvalue weighted by Crippen LogP contribution is 2.15. The van der Waals surface area contributed by atoms with Crippen LogP contribution in [0.5, 0.6) is 0 Å². The Labute approximate surface area is 134 Å². The van der Waals surface area contributed by atoms with Crippen molar-refractivity contribution in [2.45, 2.75) is 13.8 Å². The largest absolute Gasteiger partial charge is 0.462 e. The summed E-state index contributed by atoms with van der Waals surface area (Å²) in [6.07, 6.45) is 1.26. The van der Waals surface area contributed by atoms with Crippen molar-refractivity contribution >= 4 is 28.7 Å². The summed E-state index contributed by atoms with van der Waals surface area (Å²) in [5, 5.41) is 3.84. The fourth-order valence-corrected chi connectivity index (χ4v) is 1.91. The Hall–Kier alpha value is -2.89. The number of hydrogen-bond donors (Lipinski definition) is 1. The summed E-state index contributed by atoms with van der Waals surface area (Å²) in [5.74, 6) is -0.965. The molecule has 0 spiro atoms. The number of rotatable bonds is 6. The molecule has 2 rings (SSSR count). The van der Waals surface area contributed by atoms with E-state index in [0.717, 1.165) is 10.9 Å². The molecule has 0 amide bonds. The van der Waals surface area contributed by atoms with Gasteiger partial charge in [-0.15, -0.1) is 0 Å². The van der Waals surface area contributed by atoms with Crippen LogP contribution >= 0.6 is 0 Å². The molecular weight excluding hydrogens is 296 g/mol. The first-order valence-electron chi connectivity index (χ1n) is 7.32. The highest BCUT2D eigenvalue weighted by atomic mass is 16.6. The van der Waals surface area contributed by atoms with Crippen LogP contribution < -0.4 is 5.32 Å². The van der Waals surface area contributed by atoms with Crippen LogP contribution in [0, 0.1) is 0 Å². The minimum Gasteiger partial charge on any atom is -0.462 e. The molecule has 0 bridgehead atoms. The number of nitrogens with zero attached hydrogens (tertiary/aromatic N) is 1. The van der Waals surface area contributed by atoms with Crippen LogP contribution in [0.4, 0.5) is 5.82 Å². The van der Waals surface area contributed by atoms with Gasteiger partial charge >= 0.3 is 11.9 Å². The van der Waals surface area contributed by atoms with Gasteiger partial charge in [0.1, 0.15) is 5.82 Å². The Balaban J connectivity index is 2.23. The Morgan fingerprint density at radius 1 is 1.04 bits per heavy atom. The zero-order chi connectivity index (χ0) is 16.7. The van der Waals surface area contributed by atoms with Crippen LogP contribution in [0.3, 0.4) is 0 Å². The smallest absolute Gasteiger partial charge is 0.347 e. The van der Waals surface area contributed by atoms with E-state index in [2.05, 4.69) is 10.3 Å². The van der Waals surface area contributed by atoms with Gasteiger partial charge in [0.05, 0.1) is 18.7 Å². The van der Waals surface area contributed by atoms with E-state index in [1.165, 1.54) is 6.20 Å². The van der Waals surface area contributed by atoms with Crippen molar-refractivity contribution in [3.63, 3.8) is 0 Å². The maximum absolute atomic E-state index is 11.8. The average molecular weight is 314 g/mol. The monoisotopic (exact) mass is 314 g/mol. The molecule has 1 heterocycles. The lowest BCUT2D eigenvalue weighted by Crippen LogP contribution is -2.19. The standard InChI is InChI=1S/C17H18N2O4/c1-3-22-16(20)13(17(21)23-4-2)11-18-15-10-9-12-7-5-6-8-14(12)19-15/h5-11H,3-4H2,1-2H3,(H,18,19). The Morgan fingerprint density at radius 2 is 1.70 bits per heavy atom. The van der Waals surface area contributed by atoms with Crippen molar-refractivity contribution in [1.29, 1.82) is 0 Å². The lowest BCUT2D eigenvalue weighted by atomic mass is 10.2. The number of ether oxygens (including phenoxy) is 2. The zero-order valence-corrected chi connectivity index (χ0v) is 13.0. The Morgan fingerprint density at radius 3 is 2.35 bits per heavy atom. The second-order valence-electron chi connectivity index (χ2n) is 4.53. The summed E-state index contributed by atoms with van der Waals surface area (Å²) in [7, 11) is 0. The molecule has 2 aromatic rings. The topological polar surface area (TPSA) is 77.5 Å². The number of hydrogen-bond acceptors (Lipinski definition) is 6. The second-order valence-corrected chi connectivity index (χ2v) is 4.53. The number of fused-ring (bicyclic) bond motifs is 1. The van der Waals surface area contributed by atoms with Crippen molar-refractivity contribution < 1.29 is 19.1 Å². The van der Waals surface area contributed by atoms with E-state index in [0.29, 0.717) is 5.82 Å². The maximum atomic E-state index is 11.8. The van der Waals surface area contributed by atoms with Gasteiger partial charge in [-0.3, -0.25) is 0 Å². The quantitative estimate of drug-likeness (QED) is 0.382. The van der Waals surface area contributed by atoms with E-state index in [1.807, 2.05) is 30.3 Å². The van der Waals surface area contributed by atoms with Crippen LogP contribution in [-0.4, -0.2) is 30.1 Å². The molecule has 0 aliphatic rings. The van der Waals surface area contributed by atoms with E-state index in [-0.39, 0.29) is 18.8 Å². The van der Waals surface area contributed by atoms with Gasteiger partial charge in [0.15, 0.2) is 5.57 Å². The molecule has 1 aromatic heterocycles. The molecule has 0 saturated carbocycles. The number of esters is 2. The molecule has 0 aliphatic heterocycles. The molecule has 0 atom stereocenters. The van der Waals surface area contributed by atoms with Crippen LogP contribution in [0.2, 0.25) is 0 Å². The minimum absolute atomic E-state index is 0.170. The molecule has 0 radical (unpaired) electrons. The van der Waals surface area contributed by atoms with E-state index in [9.17, 15) is 9.59 Å². The molecule has 0 fully saturated rings. The molecule has 6 heteroatoms. The lowest BCUT2D eigenvalue weighted by Gasteiger charge is -2.07. The zero-order valence-electron chi connectivity index (χ0n) is 13.0. The highest BCUT2D eigenvalue weighted by Gasteiger charge is 2.20. The number of carbonyl (C=O) groups excluding carboxylic acids is 2. The van der Waals surface area contributed by atoms with E-state index in [4.69, 9.17) is 9.47 Å². The van der Waals surface area contributed by atoms with Crippen LogP contribution in [0.25, 0.3) is 10.9 Å². The lowest BCUT2D eigenvalue weighted by molar-refractivity contribution is -0.146. The van der Waals surface area contributed by atoms with Crippen LogP contribution in [-0.2, 0) is 19.1 Å². The normalized spacial score (nSPS) is 10.0. The minimum atomic E-state index is -0.737. The summed E-state index contributed by atoms with van der Waals surface area (Å²) in [6, 6.07) is 11.3. The van der Waals surface area contributed by atoms with Crippen LogP contribution in [0.1, 0.15) is 13.8 Å². The fraction of sp³-hybridized carbons (Fsp3) is 0.235. The molecule has 1 N–H and O–H groups in total. The van der Waals surface area contributed by atoms with Crippen molar-refractivity contribution in [3.05, 3.63) is 48.2 Å². The second kappa shape index (κ2) is 7.93. The van der Waals surface area contributed by atoms with E-state index >= 15 is 0 Å². The van der Waals surface area contributed by atoms with E-state index in [1.54, 1.807) is 19.9 Å². The number of pyridine rings is 1. The van der Waals surface area contributed by atoms with Gasteiger partial charge in [0, 0.05) is 11.6 Å². The van der Waals surface area contributed by atoms with Gasteiger partial charge in [0.25, 0.3) is 0 Å². The van der Waals surface area contributed by atoms with Gasteiger partial charge in [0.2, 0.25) is 0 Å². The van der Waals surface area contributed by atoms with Crippen molar-refractivity contribution in [2.24, 2.45) is 0 Å².